The van der Waals surface area contributed by atoms with Crippen LogP contribution in [0.5, 0.6) is 0 Å². The first-order chi connectivity index (χ1) is 8.75. The Hall–Kier alpha value is -0.820. The molecule has 0 aromatic carbocycles. The van der Waals surface area contributed by atoms with Crippen LogP contribution in [0.4, 0.5) is 0 Å². The van der Waals surface area contributed by atoms with Gasteiger partial charge in [-0.25, -0.2) is 8.42 Å². The summed E-state index contributed by atoms with van der Waals surface area (Å²) in [5.74, 6) is -0.0747. The van der Waals surface area contributed by atoms with Gasteiger partial charge in [-0.05, 0) is 42.3 Å². The highest BCUT2D eigenvalue weighted by Gasteiger charge is 2.39. The number of rotatable bonds is 3. The van der Waals surface area contributed by atoms with Gasteiger partial charge in [-0.2, -0.15) is 0 Å². The number of hydrogen-bond acceptors (Lipinski definition) is 3. The third kappa shape index (κ3) is 3.20. The molecule has 0 saturated carbocycles. The topological polar surface area (TPSA) is 68.2 Å². The van der Waals surface area contributed by atoms with Crippen molar-refractivity contribution in [3.8, 4) is 0 Å². The SMILES string of the molecule is CCn1cc(Br)cc1C(=O)NC1(C)CCS(=O)(=O)C1. The number of aryl methyl sites for hydroxylation is 1. The molecule has 1 fully saturated rings. The first-order valence-electron chi connectivity index (χ1n) is 6.13. The quantitative estimate of drug-likeness (QED) is 0.901. The number of sulfone groups is 1. The molecule has 1 atom stereocenters. The molecule has 7 heteroatoms. The van der Waals surface area contributed by atoms with E-state index in [1.54, 1.807) is 13.0 Å². The Morgan fingerprint density at radius 2 is 2.26 bits per heavy atom. The average molecular weight is 349 g/mol. The monoisotopic (exact) mass is 348 g/mol. The van der Waals surface area contributed by atoms with E-state index in [0.29, 0.717) is 18.7 Å². The summed E-state index contributed by atoms with van der Waals surface area (Å²) in [4.78, 5) is 12.3. The molecule has 0 spiro atoms. The number of amides is 1. The molecule has 1 aliphatic rings. The third-order valence-electron chi connectivity index (χ3n) is 3.36. The molecule has 106 valence electrons. The number of aromatic nitrogens is 1. The highest BCUT2D eigenvalue weighted by atomic mass is 79.9. The molecular formula is C12H17BrN2O3S. The van der Waals surface area contributed by atoms with Crippen LogP contribution in [-0.2, 0) is 16.4 Å². The third-order valence-corrected chi connectivity index (χ3v) is 5.69. The molecule has 0 radical (unpaired) electrons. The van der Waals surface area contributed by atoms with Crippen molar-refractivity contribution in [2.45, 2.75) is 32.4 Å². The molecule has 1 aromatic heterocycles. The van der Waals surface area contributed by atoms with Crippen molar-refractivity contribution in [2.75, 3.05) is 11.5 Å². The van der Waals surface area contributed by atoms with Gasteiger partial charge in [0.25, 0.3) is 5.91 Å². The molecule has 2 rings (SSSR count). The highest BCUT2D eigenvalue weighted by molar-refractivity contribution is 9.10. The Morgan fingerprint density at radius 1 is 1.58 bits per heavy atom. The predicted octanol–water partition coefficient (Wildman–Crippen LogP) is 1.58. The van der Waals surface area contributed by atoms with E-state index in [0.717, 1.165) is 4.47 Å². The van der Waals surface area contributed by atoms with E-state index in [1.807, 2.05) is 17.7 Å². The van der Waals surface area contributed by atoms with E-state index in [4.69, 9.17) is 0 Å². The molecule has 1 aromatic rings. The van der Waals surface area contributed by atoms with Crippen molar-refractivity contribution >= 4 is 31.7 Å². The van der Waals surface area contributed by atoms with Crippen molar-refractivity contribution in [3.63, 3.8) is 0 Å². The van der Waals surface area contributed by atoms with Gasteiger partial charge < -0.3 is 9.88 Å². The molecule has 1 saturated heterocycles. The number of carbonyl (C=O) groups excluding carboxylic acids is 1. The Labute approximate surface area is 121 Å². The van der Waals surface area contributed by atoms with E-state index in [1.165, 1.54) is 0 Å². The van der Waals surface area contributed by atoms with Gasteiger partial charge in [-0.15, -0.1) is 0 Å². The first kappa shape index (κ1) is 14.6. The molecule has 1 unspecified atom stereocenters. The highest BCUT2D eigenvalue weighted by Crippen LogP contribution is 2.24. The number of carbonyl (C=O) groups is 1. The maximum absolute atomic E-state index is 12.3. The summed E-state index contributed by atoms with van der Waals surface area (Å²) >= 11 is 3.34. The second-order valence-electron chi connectivity index (χ2n) is 5.19. The fraction of sp³-hybridized carbons (Fsp3) is 0.583. The lowest BCUT2D eigenvalue weighted by molar-refractivity contribution is 0.0906. The van der Waals surface area contributed by atoms with Crippen LogP contribution in [0.15, 0.2) is 16.7 Å². The molecule has 1 amide bonds. The van der Waals surface area contributed by atoms with Crippen LogP contribution in [0.25, 0.3) is 0 Å². The fourth-order valence-electron chi connectivity index (χ4n) is 2.37. The number of hydrogen-bond donors (Lipinski definition) is 1. The fourth-order valence-corrected chi connectivity index (χ4v) is 4.93. The summed E-state index contributed by atoms with van der Waals surface area (Å²) in [6.07, 6.45) is 2.30. The summed E-state index contributed by atoms with van der Waals surface area (Å²) in [6.45, 7) is 4.41. The van der Waals surface area contributed by atoms with E-state index in [2.05, 4.69) is 21.2 Å². The number of nitrogens with zero attached hydrogens (tertiary/aromatic N) is 1. The lowest BCUT2D eigenvalue weighted by Gasteiger charge is -2.24. The summed E-state index contributed by atoms with van der Waals surface area (Å²) < 4.78 is 25.7. The zero-order chi connectivity index (χ0) is 14.3. The van der Waals surface area contributed by atoms with Gasteiger partial charge in [0.1, 0.15) is 5.69 Å². The van der Waals surface area contributed by atoms with Gasteiger partial charge in [-0.1, -0.05) is 0 Å². The molecule has 2 heterocycles. The Balaban J connectivity index is 2.18. The van der Waals surface area contributed by atoms with Crippen LogP contribution >= 0.6 is 15.9 Å². The van der Waals surface area contributed by atoms with Crippen LogP contribution in [0, 0.1) is 0 Å². The summed E-state index contributed by atoms with van der Waals surface area (Å²) in [6, 6.07) is 1.74. The van der Waals surface area contributed by atoms with Crippen LogP contribution in [0.3, 0.4) is 0 Å². The minimum absolute atomic E-state index is 0.0136. The van der Waals surface area contributed by atoms with Gasteiger partial charge in [-0.3, -0.25) is 4.79 Å². The van der Waals surface area contributed by atoms with Gasteiger partial charge in [0.15, 0.2) is 9.84 Å². The maximum Gasteiger partial charge on any atom is 0.268 e. The van der Waals surface area contributed by atoms with Gasteiger partial charge in [0, 0.05) is 17.2 Å². The zero-order valence-corrected chi connectivity index (χ0v) is 13.3. The predicted molar refractivity (Wildman–Crippen MR) is 76.9 cm³/mol. The van der Waals surface area contributed by atoms with E-state index in [9.17, 15) is 13.2 Å². The zero-order valence-electron chi connectivity index (χ0n) is 10.9. The lowest BCUT2D eigenvalue weighted by atomic mass is 10.0. The molecule has 1 N–H and O–H groups in total. The Morgan fingerprint density at radius 3 is 2.79 bits per heavy atom. The van der Waals surface area contributed by atoms with Crippen LogP contribution in [0.1, 0.15) is 30.8 Å². The van der Waals surface area contributed by atoms with Crippen molar-refractivity contribution in [2.24, 2.45) is 0 Å². The largest absolute Gasteiger partial charge is 0.345 e. The van der Waals surface area contributed by atoms with Crippen molar-refractivity contribution in [1.82, 2.24) is 9.88 Å². The second-order valence-corrected chi connectivity index (χ2v) is 8.29. The van der Waals surface area contributed by atoms with E-state index >= 15 is 0 Å². The van der Waals surface area contributed by atoms with Gasteiger partial charge in [0.05, 0.1) is 17.0 Å². The number of halogens is 1. The normalized spacial score (nSPS) is 25.4. The van der Waals surface area contributed by atoms with E-state index in [-0.39, 0.29) is 17.4 Å². The second kappa shape index (κ2) is 4.94. The Bertz CT molecular complexity index is 608. The molecular weight excluding hydrogens is 332 g/mol. The summed E-state index contributed by atoms with van der Waals surface area (Å²) in [7, 11) is -3.02. The van der Waals surface area contributed by atoms with Gasteiger partial charge >= 0.3 is 0 Å². The first-order valence-corrected chi connectivity index (χ1v) is 8.75. The molecule has 5 nitrogen and oxygen atoms in total. The summed E-state index contributed by atoms with van der Waals surface area (Å²) in [5.41, 5.74) is -0.120. The van der Waals surface area contributed by atoms with Crippen LogP contribution in [0.2, 0.25) is 0 Å². The summed E-state index contributed by atoms with van der Waals surface area (Å²) in [5, 5.41) is 2.86. The maximum atomic E-state index is 12.3. The smallest absolute Gasteiger partial charge is 0.268 e. The van der Waals surface area contributed by atoms with Crippen molar-refractivity contribution < 1.29 is 13.2 Å². The van der Waals surface area contributed by atoms with E-state index < -0.39 is 15.4 Å². The minimum Gasteiger partial charge on any atom is -0.345 e. The average Bonchev–Trinajstić information content (AvgIpc) is 2.79. The molecule has 19 heavy (non-hydrogen) atoms. The van der Waals surface area contributed by atoms with Gasteiger partial charge in [0.2, 0.25) is 0 Å². The van der Waals surface area contributed by atoms with Crippen molar-refractivity contribution in [3.05, 3.63) is 22.4 Å². The van der Waals surface area contributed by atoms with Crippen LogP contribution in [-0.4, -0.2) is 35.9 Å². The standard InChI is InChI=1S/C12H17BrN2O3S/c1-3-15-7-9(13)6-10(15)11(16)14-12(2)4-5-19(17,18)8-12/h6-7H,3-5,8H2,1-2H3,(H,14,16). The minimum atomic E-state index is -3.02. The van der Waals surface area contributed by atoms with Crippen LogP contribution < -0.4 is 5.32 Å². The van der Waals surface area contributed by atoms with Crippen molar-refractivity contribution in [1.29, 1.82) is 0 Å². The molecule has 0 bridgehead atoms. The molecule has 1 aliphatic heterocycles. The lowest BCUT2D eigenvalue weighted by Crippen LogP contribution is -2.47. The number of nitrogens with one attached hydrogen (secondary N) is 1. The Kier molecular flexibility index (Phi) is 3.79. The molecule has 0 aliphatic carbocycles.